The molecule has 7 rings (SSSR count). The summed E-state index contributed by atoms with van der Waals surface area (Å²) in [5, 5.41) is 25.2. The van der Waals surface area contributed by atoms with Gasteiger partial charge in [0.25, 0.3) is 0 Å². The lowest BCUT2D eigenvalue weighted by atomic mass is 9.86. The molecule has 6 saturated heterocycles. The van der Waals surface area contributed by atoms with Crippen molar-refractivity contribution in [3.8, 4) is 6.07 Å². The third-order valence-electron chi connectivity index (χ3n) is 20.0. The molecule has 0 bridgehead atoms. The van der Waals surface area contributed by atoms with Gasteiger partial charge in [-0.2, -0.15) is 5.26 Å². The molecule has 6 aliphatic rings. The molecule has 0 radical (unpaired) electrons. The Kier molecular flexibility index (Phi) is 26.7. The number of piperidine rings is 3. The lowest BCUT2D eigenvalue weighted by Crippen LogP contribution is -2.62. The molecule has 4 unspecified atom stereocenters. The molecular formula is C66H110N12O8S. The van der Waals surface area contributed by atoms with Gasteiger partial charge in [0.2, 0.25) is 45.5 Å². The summed E-state index contributed by atoms with van der Waals surface area (Å²) in [6, 6.07) is 5.38. The van der Waals surface area contributed by atoms with Crippen LogP contribution in [0.2, 0.25) is 0 Å². The van der Waals surface area contributed by atoms with Gasteiger partial charge in [-0.1, -0.05) is 87.1 Å². The average molecular weight is 1230 g/mol. The number of nitrogens with one attached hydrogen (secondary N) is 3. The van der Waals surface area contributed by atoms with Gasteiger partial charge in [0.05, 0.1) is 29.9 Å². The van der Waals surface area contributed by atoms with E-state index in [0.29, 0.717) is 142 Å². The minimum atomic E-state index is -3.61. The molecule has 6 fully saturated rings. The standard InChI is InChI=1S/C66H110N12O8S/c1-45(2)37-55-61(79)77(35-25-70-55)59(66(84)74-30-19-52(20-31-74)43-54-11-9-10-24-69-54)41-49(7)14-13-48(6)40-57-63(81)78(36-27-72-57)60(65(83)73-28-17-51(16-23-67)18-29-73)42-50(8)15-12-47(5)39-56-62(80)76(34-26-71-56)58(38-46(3)4)64(82)75-32-21-53(22-33-75)44-87(68,85)86/h9-11,24,45-53,55-60,70-72H,12-22,25-44H2,1-8H3,(H2,68,85,86)/t47?,48?,49?,50?,55-,56-,57-,58-,59-,60-/m0/s1. The Morgan fingerprint density at radius 3 is 1.32 bits per heavy atom. The van der Waals surface area contributed by atoms with E-state index in [4.69, 9.17) is 5.14 Å². The Hall–Kier alpha value is -4.75. The second kappa shape index (κ2) is 33.4. The van der Waals surface area contributed by atoms with Crippen molar-refractivity contribution in [2.24, 2.45) is 58.4 Å². The van der Waals surface area contributed by atoms with Crippen molar-refractivity contribution in [2.45, 2.75) is 207 Å². The van der Waals surface area contributed by atoms with Crippen molar-refractivity contribution in [1.29, 1.82) is 5.26 Å². The summed E-state index contributed by atoms with van der Waals surface area (Å²) in [6.07, 6.45) is 14.5. The highest BCUT2D eigenvalue weighted by atomic mass is 32.2. The van der Waals surface area contributed by atoms with Crippen LogP contribution in [0, 0.1) is 64.6 Å². The molecule has 21 heteroatoms. The predicted octanol–water partition coefficient (Wildman–Crippen LogP) is 5.81. The fraction of sp³-hybridized carbons (Fsp3) is 0.818. The second-order valence-electron chi connectivity index (χ2n) is 28.5. The highest BCUT2D eigenvalue weighted by Gasteiger charge is 2.44. The number of sulfonamides is 1. The molecule has 6 amide bonds. The van der Waals surface area contributed by atoms with Gasteiger partial charge in [0.1, 0.15) is 18.1 Å². The Bertz CT molecular complexity index is 2550. The van der Waals surface area contributed by atoms with Crippen LogP contribution >= 0.6 is 0 Å². The van der Waals surface area contributed by atoms with Crippen LogP contribution in [0.25, 0.3) is 0 Å². The Balaban J connectivity index is 0.947. The molecule has 5 N–H and O–H groups in total. The molecule has 488 valence electrons. The fourth-order valence-corrected chi connectivity index (χ4v) is 15.9. The van der Waals surface area contributed by atoms with Gasteiger partial charge in [-0.25, -0.2) is 13.6 Å². The van der Waals surface area contributed by atoms with Gasteiger partial charge in [-0.05, 0) is 149 Å². The molecule has 0 aliphatic carbocycles. The minimum absolute atomic E-state index is 0.0203. The van der Waals surface area contributed by atoms with E-state index in [1.807, 2.05) is 37.9 Å². The number of carbonyl (C=O) groups excluding carboxylic acids is 6. The number of primary sulfonamides is 1. The third-order valence-corrected chi connectivity index (χ3v) is 21.0. The summed E-state index contributed by atoms with van der Waals surface area (Å²) in [5.74, 6) is 1.45. The highest BCUT2D eigenvalue weighted by Crippen LogP contribution is 2.32. The zero-order chi connectivity index (χ0) is 63.0. The molecule has 20 nitrogen and oxygen atoms in total. The molecule has 10 atom stereocenters. The number of hydrogen-bond acceptors (Lipinski definition) is 13. The first kappa shape index (κ1) is 69.7. The van der Waals surface area contributed by atoms with E-state index in [2.05, 4.69) is 88.5 Å². The van der Waals surface area contributed by atoms with Crippen LogP contribution in [0.4, 0.5) is 0 Å². The molecule has 1 aromatic rings. The van der Waals surface area contributed by atoms with Crippen molar-refractivity contribution in [2.75, 3.05) is 84.3 Å². The van der Waals surface area contributed by atoms with E-state index < -0.39 is 40.2 Å². The van der Waals surface area contributed by atoms with Crippen molar-refractivity contribution < 1.29 is 37.2 Å². The predicted molar refractivity (Wildman–Crippen MR) is 338 cm³/mol. The molecule has 7 heterocycles. The first-order valence-electron chi connectivity index (χ1n) is 33.7. The van der Waals surface area contributed by atoms with Crippen LogP contribution < -0.4 is 21.1 Å². The quantitative estimate of drug-likeness (QED) is 0.0740. The van der Waals surface area contributed by atoms with Gasteiger partial charge < -0.3 is 45.3 Å². The van der Waals surface area contributed by atoms with E-state index in [9.17, 15) is 42.4 Å². The zero-order valence-electron chi connectivity index (χ0n) is 54.2. The number of likely N-dealkylation sites (tertiary alicyclic amines) is 3. The normalized spacial score (nSPS) is 24.3. The number of pyridine rings is 1. The maximum atomic E-state index is 14.9. The summed E-state index contributed by atoms with van der Waals surface area (Å²) < 4.78 is 23.6. The third kappa shape index (κ3) is 20.6. The van der Waals surface area contributed by atoms with Crippen LogP contribution in [-0.2, 0) is 45.2 Å². The maximum absolute atomic E-state index is 14.9. The smallest absolute Gasteiger partial charge is 0.245 e. The van der Waals surface area contributed by atoms with Crippen LogP contribution in [0.1, 0.15) is 170 Å². The van der Waals surface area contributed by atoms with Crippen molar-refractivity contribution in [3.05, 3.63) is 30.1 Å². The first-order chi connectivity index (χ1) is 41.5. The fourth-order valence-electron chi connectivity index (χ4n) is 14.9. The van der Waals surface area contributed by atoms with Crippen LogP contribution in [0.5, 0.6) is 0 Å². The van der Waals surface area contributed by atoms with Crippen molar-refractivity contribution in [1.82, 2.24) is 50.3 Å². The molecule has 6 aliphatic heterocycles. The Labute approximate surface area is 522 Å². The number of aromatic nitrogens is 1. The highest BCUT2D eigenvalue weighted by molar-refractivity contribution is 7.89. The van der Waals surface area contributed by atoms with Gasteiger partial charge in [-0.3, -0.25) is 33.8 Å². The van der Waals surface area contributed by atoms with E-state index in [0.717, 1.165) is 69.9 Å². The summed E-state index contributed by atoms with van der Waals surface area (Å²) in [4.78, 5) is 103. The number of nitrogens with two attached hydrogens (primary N) is 1. The number of carbonyl (C=O) groups is 6. The minimum Gasteiger partial charge on any atom is -0.341 e. The number of amides is 6. The first-order valence-corrected chi connectivity index (χ1v) is 35.4. The monoisotopic (exact) mass is 1230 g/mol. The SMILES string of the molecule is CC(C)C[C@@H]1NCCN([C@@H](CC(C)CCC(C)C[C@@H]2NCCN([C@@H](CC(C)CCC(C)C[C@@H]3NCCN([C@@H](CC(C)C)C(=O)N4CCC(CS(N)(=O)=O)CC4)C3=O)C(=O)N3CCC(CC#N)CC3)C2=O)C(=O)N2CCC(Cc3ccccn3)CC2)C1=O. The van der Waals surface area contributed by atoms with Gasteiger partial charge in [0.15, 0.2) is 0 Å². The largest absolute Gasteiger partial charge is 0.341 e. The Morgan fingerprint density at radius 1 is 0.552 bits per heavy atom. The topological polar surface area (TPSA) is 255 Å². The summed E-state index contributed by atoms with van der Waals surface area (Å²) in [6.45, 7) is 23.6. The molecule has 0 aromatic carbocycles. The van der Waals surface area contributed by atoms with Crippen molar-refractivity contribution >= 4 is 45.5 Å². The zero-order valence-corrected chi connectivity index (χ0v) is 55.0. The number of piperazine rings is 3. The maximum Gasteiger partial charge on any atom is 0.245 e. The lowest BCUT2D eigenvalue weighted by molar-refractivity contribution is -0.150. The lowest BCUT2D eigenvalue weighted by Gasteiger charge is -2.42. The van der Waals surface area contributed by atoms with Crippen molar-refractivity contribution in [3.63, 3.8) is 0 Å². The van der Waals surface area contributed by atoms with Crippen LogP contribution in [0.15, 0.2) is 24.4 Å². The number of nitrogens with zero attached hydrogens (tertiary/aromatic N) is 8. The molecule has 87 heavy (non-hydrogen) atoms. The Morgan fingerprint density at radius 2 is 0.943 bits per heavy atom. The number of hydrogen-bond donors (Lipinski definition) is 4. The van der Waals surface area contributed by atoms with E-state index >= 15 is 0 Å². The van der Waals surface area contributed by atoms with Gasteiger partial charge in [-0.15, -0.1) is 0 Å². The van der Waals surface area contributed by atoms with E-state index in [-0.39, 0.29) is 88.7 Å². The van der Waals surface area contributed by atoms with E-state index in [1.54, 1.807) is 9.80 Å². The number of nitriles is 1. The van der Waals surface area contributed by atoms with Crippen LogP contribution in [0.3, 0.4) is 0 Å². The van der Waals surface area contributed by atoms with E-state index in [1.165, 1.54) is 0 Å². The summed E-state index contributed by atoms with van der Waals surface area (Å²) >= 11 is 0. The molecule has 1 aromatic heterocycles. The second-order valence-corrected chi connectivity index (χ2v) is 30.1. The molecular weight excluding hydrogens is 1120 g/mol. The average Bonchev–Trinajstić information content (AvgIpc) is 2.84. The number of rotatable bonds is 29. The molecule has 0 spiro atoms. The van der Waals surface area contributed by atoms with Gasteiger partial charge in [0, 0.05) is 96.8 Å². The van der Waals surface area contributed by atoms with Gasteiger partial charge >= 0.3 is 0 Å². The summed E-state index contributed by atoms with van der Waals surface area (Å²) in [5.41, 5.74) is 1.08. The molecule has 0 saturated carbocycles. The van der Waals surface area contributed by atoms with Crippen LogP contribution in [-0.4, -0.2) is 199 Å². The summed E-state index contributed by atoms with van der Waals surface area (Å²) in [7, 11) is -3.61.